The zero-order valence-electron chi connectivity index (χ0n) is 11.7. The van der Waals surface area contributed by atoms with E-state index in [-0.39, 0.29) is 0 Å². The molecule has 17 heavy (non-hydrogen) atoms. The predicted molar refractivity (Wildman–Crippen MR) is 71.1 cm³/mol. The summed E-state index contributed by atoms with van der Waals surface area (Å²) < 4.78 is 0. The van der Waals surface area contributed by atoms with Gasteiger partial charge >= 0.3 is 5.97 Å². The second kappa shape index (κ2) is 7.67. The number of carboxylic acids is 1. The topological polar surface area (TPSA) is 66.6 Å². The van der Waals surface area contributed by atoms with E-state index < -0.39 is 11.5 Å². The standard InChI is InChI=1S/C13H28N2O2/c1-5-8-11(3)15(4)10-7-9-13(14,6-2)12(16)17/h11H,5-10,14H2,1-4H3,(H,16,17). The Hall–Kier alpha value is -0.610. The van der Waals surface area contributed by atoms with Crippen molar-refractivity contribution in [3.05, 3.63) is 0 Å². The van der Waals surface area contributed by atoms with Crippen LogP contribution < -0.4 is 5.73 Å². The molecule has 0 aromatic rings. The van der Waals surface area contributed by atoms with Crippen molar-refractivity contribution in [2.45, 2.75) is 64.5 Å². The van der Waals surface area contributed by atoms with Crippen LogP contribution in [0, 0.1) is 0 Å². The van der Waals surface area contributed by atoms with Gasteiger partial charge in [-0.15, -0.1) is 0 Å². The summed E-state index contributed by atoms with van der Waals surface area (Å²) in [5.74, 6) is -0.885. The monoisotopic (exact) mass is 244 g/mol. The number of carboxylic acid groups (broad SMARTS) is 1. The Balaban J connectivity index is 4.01. The van der Waals surface area contributed by atoms with Crippen LogP contribution in [-0.4, -0.2) is 41.1 Å². The molecule has 0 aliphatic heterocycles. The van der Waals surface area contributed by atoms with E-state index in [2.05, 4.69) is 25.8 Å². The van der Waals surface area contributed by atoms with Crippen LogP contribution >= 0.6 is 0 Å². The van der Waals surface area contributed by atoms with Crippen LogP contribution in [0.3, 0.4) is 0 Å². The molecule has 0 aliphatic rings. The maximum Gasteiger partial charge on any atom is 0.323 e. The number of aliphatic carboxylic acids is 1. The fraction of sp³-hybridized carbons (Fsp3) is 0.923. The summed E-state index contributed by atoms with van der Waals surface area (Å²) in [4.78, 5) is 13.3. The van der Waals surface area contributed by atoms with Crippen molar-refractivity contribution < 1.29 is 9.90 Å². The zero-order valence-corrected chi connectivity index (χ0v) is 11.7. The van der Waals surface area contributed by atoms with Gasteiger partial charge in [-0.25, -0.2) is 0 Å². The molecule has 4 heteroatoms. The summed E-state index contributed by atoms with van der Waals surface area (Å²) in [6, 6.07) is 0.554. The molecule has 0 saturated heterocycles. The fourth-order valence-electron chi connectivity index (χ4n) is 1.94. The molecule has 4 nitrogen and oxygen atoms in total. The summed E-state index contributed by atoms with van der Waals surface area (Å²) >= 11 is 0. The smallest absolute Gasteiger partial charge is 0.323 e. The van der Waals surface area contributed by atoms with Gasteiger partial charge in [-0.05, 0) is 46.2 Å². The van der Waals surface area contributed by atoms with Crippen LogP contribution in [0.4, 0.5) is 0 Å². The van der Waals surface area contributed by atoms with E-state index in [0.717, 1.165) is 13.0 Å². The van der Waals surface area contributed by atoms with Crippen molar-refractivity contribution in [1.29, 1.82) is 0 Å². The van der Waals surface area contributed by atoms with Gasteiger partial charge in [0.2, 0.25) is 0 Å². The van der Waals surface area contributed by atoms with Gasteiger partial charge in [0.1, 0.15) is 5.54 Å². The van der Waals surface area contributed by atoms with Gasteiger partial charge in [0, 0.05) is 6.04 Å². The van der Waals surface area contributed by atoms with Gasteiger partial charge in [-0.1, -0.05) is 20.3 Å². The molecule has 0 saturated carbocycles. The van der Waals surface area contributed by atoms with Crippen molar-refractivity contribution in [2.24, 2.45) is 5.73 Å². The molecule has 0 rings (SSSR count). The van der Waals surface area contributed by atoms with E-state index in [1.54, 1.807) is 0 Å². The van der Waals surface area contributed by atoms with Crippen LogP contribution in [0.15, 0.2) is 0 Å². The van der Waals surface area contributed by atoms with E-state index in [1.165, 1.54) is 12.8 Å². The lowest BCUT2D eigenvalue weighted by atomic mass is 9.91. The van der Waals surface area contributed by atoms with Crippen molar-refractivity contribution in [3.63, 3.8) is 0 Å². The summed E-state index contributed by atoms with van der Waals surface area (Å²) in [7, 11) is 2.09. The Labute approximate surface area is 105 Å². The SMILES string of the molecule is CCCC(C)N(C)CCCC(N)(CC)C(=O)O. The Morgan fingerprint density at radius 1 is 1.47 bits per heavy atom. The number of nitrogens with two attached hydrogens (primary N) is 1. The van der Waals surface area contributed by atoms with Crippen LogP contribution in [0.2, 0.25) is 0 Å². The summed E-state index contributed by atoms with van der Waals surface area (Å²) in [5.41, 5.74) is 4.80. The van der Waals surface area contributed by atoms with E-state index in [9.17, 15) is 4.79 Å². The largest absolute Gasteiger partial charge is 0.480 e. The molecular formula is C13H28N2O2. The maximum absolute atomic E-state index is 11.0. The number of carbonyl (C=O) groups is 1. The molecular weight excluding hydrogens is 216 g/mol. The highest BCUT2D eigenvalue weighted by Gasteiger charge is 2.31. The van der Waals surface area contributed by atoms with Gasteiger partial charge < -0.3 is 15.7 Å². The molecule has 0 aliphatic carbocycles. The number of nitrogens with zero attached hydrogens (tertiary/aromatic N) is 1. The van der Waals surface area contributed by atoms with Crippen molar-refractivity contribution in [1.82, 2.24) is 4.90 Å². The molecule has 3 N–H and O–H groups in total. The number of hydrogen-bond donors (Lipinski definition) is 2. The lowest BCUT2D eigenvalue weighted by Gasteiger charge is -2.27. The molecule has 0 aromatic carbocycles. The van der Waals surface area contributed by atoms with Crippen LogP contribution in [-0.2, 0) is 4.79 Å². The van der Waals surface area contributed by atoms with Crippen LogP contribution in [0.1, 0.15) is 52.9 Å². The Bertz CT molecular complexity index is 233. The minimum atomic E-state index is -1.05. The first-order valence-electron chi connectivity index (χ1n) is 6.59. The molecule has 2 unspecified atom stereocenters. The lowest BCUT2D eigenvalue weighted by molar-refractivity contribution is -0.143. The first-order valence-corrected chi connectivity index (χ1v) is 6.59. The molecule has 0 amide bonds. The Morgan fingerprint density at radius 2 is 2.06 bits per heavy atom. The Kier molecular flexibility index (Phi) is 7.39. The molecule has 0 aromatic heterocycles. The quantitative estimate of drug-likeness (QED) is 0.651. The van der Waals surface area contributed by atoms with Gasteiger partial charge in [0.15, 0.2) is 0 Å². The van der Waals surface area contributed by atoms with Crippen molar-refractivity contribution in [3.8, 4) is 0 Å². The van der Waals surface area contributed by atoms with Crippen molar-refractivity contribution in [2.75, 3.05) is 13.6 Å². The van der Waals surface area contributed by atoms with E-state index in [1.807, 2.05) is 6.92 Å². The highest BCUT2D eigenvalue weighted by Crippen LogP contribution is 2.15. The molecule has 102 valence electrons. The van der Waals surface area contributed by atoms with Gasteiger partial charge in [0.05, 0.1) is 0 Å². The fourth-order valence-corrected chi connectivity index (χ4v) is 1.94. The molecule has 0 radical (unpaired) electrons. The third-order valence-electron chi connectivity index (χ3n) is 3.65. The second-order valence-corrected chi connectivity index (χ2v) is 5.04. The van der Waals surface area contributed by atoms with Gasteiger partial charge in [0.25, 0.3) is 0 Å². The normalized spacial score (nSPS) is 16.8. The maximum atomic E-state index is 11.0. The minimum Gasteiger partial charge on any atom is -0.480 e. The van der Waals surface area contributed by atoms with Crippen molar-refractivity contribution >= 4 is 5.97 Å². The molecule has 0 spiro atoms. The lowest BCUT2D eigenvalue weighted by Crippen LogP contribution is -2.47. The van der Waals surface area contributed by atoms with E-state index >= 15 is 0 Å². The van der Waals surface area contributed by atoms with Crippen LogP contribution in [0.5, 0.6) is 0 Å². The third-order valence-corrected chi connectivity index (χ3v) is 3.65. The summed E-state index contributed by atoms with van der Waals surface area (Å²) in [6.07, 6.45) is 4.22. The van der Waals surface area contributed by atoms with Gasteiger partial charge in [-0.2, -0.15) is 0 Å². The third kappa shape index (κ3) is 5.50. The summed E-state index contributed by atoms with van der Waals surface area (Å²) in [6.45, 7) is 7.12. The average Bonchev–Trinajstić information content (AvgIpc) is 2.28. The molecule has 0 fully saturated rings. The highest BCUT2D eigenvalue weighted by molar-refractivity contribution is 5.78. The number of rotatable bonds is 9. The first-order chi connectivity index (χ1) is 7.87. The molecule has 0 heterocycles. The Morgan fingerprint density at radius 3 is 2.47 bits per heavy atom. The zero-order chi connectivity index (χ0) is 13.5. The van der Waals surface area contributed by atoms with E-state index in [4.69, 9.17) is 10.8 Å². The predicted octanol–water partition coefficient (Wildman–Crippen LogP) is 2.08. The van der Waals surface area contributed by atoms with E-state index in [0.29, 0.717) is 18.9 Å². The minimum absolute atomic E-state index is 0.483. The van der Waals surface area contributed by atoms with Gasteiger partial charge in [-0.3, -0.25) is 4.79 Å². The summed E-state index contributed by atoms with van der Waals surface area (Å²) in [5, 5.41) is 9.05. The average molecular weight is 244 g/mol. The molecule has 2 atom stereocenters. The second-order valence-electron chi connectivity index (χ2n) is 5.04. The van der Waals surface area contributed by atoms with Crippen LogP contribution in [0.25, 0.3) is 0 Å². The first kappa shape index (κ1) is 16.4. The highest BCUT2D eigenvalue weighted by atomic mass is 16.4. The number of hydrogen-bond acceptors (Lipinski definition) is 3. The molecule has 0 bridgehead atoms.